The Bertz CT molecular complexity index is 1350. The molecule has 0 aliphatic carbocycles. The molecule has 9 heteroatoms. The van der Waals surface area contributed by atoms with Gasteiger partial charge in [0.05, 0.1) is 23.7 Å². The number of carbonyl (C=O) groups is 1. The van der Waals surface area contributed by atoms with Crippen LogP contribution in [0.25, 0.3) is 11.3 Å². The van der Waals surface area contributed by atoms with E-state index >= 15 is 0 Å². The number of benzene rings is 3. The fraction of sp³-hybridized carbons (Fsp3) is 0.185. The van der Waals surface area contributed by atoms with Crippen LogP contribution in [-0.4, -0.2) is 35.0 Å². The lowest BCUT2D eigenvalue weighted by atomic mass is 10.1. The van der Waals surface area contributed by atoms with Gasteiger partial charge in [-0.3, -0.25) is 4.79 Å². The van der Waals surface area contributed by atoms with Crippen molar-refractivity contribution in [2.75, 3.05) is 13.1 Å². The first-order chi connectivity index (χ1) is 17.4. The Kier molecular flexibility index (Phi) is 6.61. The molecule has 6 nitrogen and oxygen atoms in total. The molecular weight excluding hydrogens is 490 g/mol. The monoisotopic (exact) mass is 510 g/mol. The molecule has 36 heavy (non-hydrogen) atoms. The molecule has 0 unspecified atom stereocenters. The summed E-state index contributed by atoms with van der Waals surface area (Å²) < 4.78 is 43.8. The number of aromatic nitrogens is 1. The number of ether oxygens (including phenoxy) is 2. The van der Waals surface area contributed by atoms with Crippen molar-refractivity contribution < 1.29 is 27.6 Å². The normalized spacial score (nSPS) is 14.2. The average molecular weight is 511 g/mol. The number of nitrogens with zero attached hydrogens (tertiary/aromatic N) is 2. The van der Waals surface area contributed by atoms with Crippen LogP contribution in [0.2, 0.25) is 5.02 Å². The number of alkyl halides is 2. The van der Waals surface area contributed by atoms with Crippen LogP contribution < -0.4 is 9.47 Å². The zero-order valence-corrected chi connectivity index (χ0v) is 19.8. The van der Waals surface area contributed by atoms with Gasteiger partial charge in [0.15, 0.2) is 11.5 Å². The predicted octanol–water partition coefficient (Wildman–Crippen LogP) is 6.24. The standard InChI is InChI=1S/C27H21ClF2N2O4/c28-21-11-20(24-12-22(31-36-24)26(33)32-16-27(29,30)17-32)23(34-14-18-7-3-1-4-8-18)13-25(21)35-15-19-9-5-2-6-10-19/h1-13H,14-17H2. The number of rotatable bonds is 8. The molecule has 1 aliphatic rings. The van der Waals surface area contributed by atoms with Gasteiger partial charge < -0.3 is 18.9 Å². The third-order valence-corrected chi connectivity index (χ3v) is 5.93. The minimum atomic E-state index is -2.87. The van der Waals surface area contributed by atoms with E-state index in [4.69, 9.17) is 25.6 Å². The van der Waals surface area contributed by atoms with E-state index in [9.17, 15) is 13.6 Å². The lowest BCUT2D eigenvalue weighted by Gasteiger charge is -2.37. The van der Waals surface area contributed by atoms with Crippen molar-refractivity contribution in [1.82, 2.24) is 10.1 Å². The SMILES string of the molecule is O=C(c1cc(-c2cc(Cl)c(OCc3ccccc3)cc2OCc2ccccc2)on1)N1CC(F)(F)C1. The molecule has 1 fully saturated rings. The highest BCUT2D eigenvalue weighted by molar-refractivity contribution is 6.32. The molecule has 1 amide bonds. The molecule has 0 atom stereocenters. The van der Waals surface area contributed by atoms with Crippen LogP contribution in [0.5, 0.6) is 11.5 Å². The van der Waals surface area contributed by atoms with E-state index in [-0.39, 0.29) is 18.1 Å². The van der Waals surface area contributed by atoms with Crippen LogP contribution in [0, 0.1) is 0 Å². The molecule has 1 saturated heterocycles. The molecule has 3 aromatic carbocycles. The maximum atomic E-state index is 13.2. The molecule has 0 bridgehead atoms. The van der Waals surface area contributed by atoms with E-state index < -0.39 is 24.9 Å². The molecule has 1 aromatic heterocycles. The summed E-state index contributed by atoms with van der Waals surface area (Å²) in [6.45, 7) is -0.715. The summed E-state index contributed by atoms with van der Waals surface area (Å²) in [5.74, 6) is -2.48. The van der Waals surface area contributed by atoms with Crippen LogP contribution in [-0.2, 0) is 13.2 Å². The van der Waals surface area contributed by atoms with E-state index in [0.29, 0.717) is 28.7 Å². The highest BCUT2D eigenvalue weighted by atomic mass is 35.5. The molecule has 0 N–H and O–H groups in total. The van der Waals surface area contributed by atoms with Crippen molar-refractivity contribution in [1.29, 1.82) is 0 Å². The summed E-state index contributed by atoms with van der Waals surface area (Å²) in [6.07, 6.45) is 0. The summed E-state index contributed by atoms with van der Waals surface area (Å²) in [6, 6.07) is 23.9. The van der Waals surface area contributed by atoms with Crippen LogP contribution in [0.1, 0.15) is 21.6 Å². The van der Waals surface area contributed by atoms with Crippen molar-refractivity contribution in [2.24, 2.45) is 0 Å². The number of hydrogen-bond donors (Lipinski definition) is 0. The van der Waals surface area contributed by atoms with Gasteiger partial charge in [0.2, 0.25) is 0 Å². The fourth-order valence-corrected chi connectivity index (χ4v) is 3.97. The van der Waals surface area contributed by atoms with E-state index in [1.165, 1.54) is 6.07 Å². The maximum absolute atomic E-state index is 13.2. The quantitative estimate of drug-likeness (QED) is 0.280. The van der Waals surface area contributed by atoms with Gasteiger partial charge in [-0.1, -0.05) is 77.4 Å². The smallest absolute Gasteiger partial charge is 0.282 e. The highest BCUT2D eigenvalue weighted by Gasteiger charge is 2.47. The Morgan fingerprint density at radius 1 is 0.917 bits per heavy atom. The second-order valence-electron chi connectivity index (χ2n) is 8.42. The van der Waals surface area contributed by atoms with Crippen LogP contribution in [0.4, 0.5) is 8.78 Å². The van der Waals surface area contributed by atoms with Crippen molar-refractivity contribution >= 4 is 17.5 Å². The molecule has 4 aromatic rings. The molecular formula is C27H21ClF2N2O4. The highest BCUT2D eigenvalue weighted by Crippen LogP contribution is 2.40. The first-order valence-corrected chi connectivity index (χ1v) is 11.6. The topological polar surface area (TPSA) is 64.8 Å². The fourth-order valence-electron chi connectivity index (χ4n) is 3.75. The Hall–Kier alpha value is -3.91. The lowest BCUT2D eigenvalue weighted by Crippen LogP contribution is -2.58. The predicted molar refractivity (Wildman–Crippen MR) is 129 cm³/mol. The van der Waals surface area contributed by atoms with Gasteiger partial charge in [-0.2, -0.15) is 0 Å². The van der Waals surface area contributed by atoms with Crippen LogP contribution >= 0.6 is 11.6 Å². The van der Waals surface area contributed by atoms with E-state index in [0.717, 1.165) is 16.0 Å². The number of carbonyl (C=O) groups excluding carboxylic acids is 1. The van der Waals surface area contributed by atoms with Crippen molar-refractivity contribution in [3.63, 3.8) is 0 Å². The molecule has 2 heterocycles. The number of hydrogen-bond acceptors (Lipinski definition) is 5. The largest absolute Gasteiger partial charge is 0.488 e. The number of amides is 1. The van der Waals surface area contributed by atoms with Gasteiger partial charge in [-0.25, -0.2) is 8.78 Å². The van der Waals surface area contributed by atoms with Crippen molar-refractivity contribution in [3.05, 3.63) is 101 Å². The summed E-state index contributed by atoms with van der Waals surface area (Å²) >= 11 is 6.52. The van der Waals surface area contributed by atoms with Crippen LogP contribution in [0.15, 0.2) is 83.4 Å². The number of halogens is 3. The van der Waals surface area contributed by atoms with Gasteiger partial charge >= 0.3 is 0 Å². The van der Waals surface area contributed by atoms with Crippen molar-refractivity contribution in [2.45, 2.75) is 19.1 Å². The Labute approximate surface area is 211 Å². The van der Waals surface area contributed by atoms with Gasteiger partial charge in [0.1, 0.15) is 24.7 Å². The van der Waals surface area contributed by atoms with Gasteiger partial charge in [-0.15, -0.1) is 0 Å². The van der Waals surface area contributed by atoms with Crippen LogP contribution in [0.3, 0.4) is 0 Å². The first-order valence-electron chi connectivity index (χ1n) is 11.2. The third-order valence-electron chi connectivity index (χ3n) is 5.63. The average Bonchev–Trinajstić information content (AvgIpc) is 3.36. The molecule has 184 valence electrons. The Morgan fingerprint density at radius 2 is 1.50 bits per heavy atom. The van der Waals surface area contributed by atoms with E-state index in [1.54, 1.807) is 12.1 Å². The molecule has 0 saturated carbocycles. The van der Waals surface area contributed by atoms with Gasteiger partial charge in [0, 0.05) is 12.1 Å². The van der Waals surface area contributed by atoms with E-state index in [2.05, 4.69) is 5.16 Å². The molecule has 5 rings (SSSR count). The zero-order valence-electron chi connectivity index (χ0n) is 19.0. The van der Waals surface area contributed by atoms with Gasteiger partial charge in [-0.05, 0) is 17.2 Å². The zero-order chi connectivity index (χ0) is 25.1. The molecule has 1 aliphatic heterocycles. The maximum Gasteiger partial charge on any atom is 0.282 e. The number of likely N-dealkylation sites (tertiary alicyclic amines) is 1. The Balaban J connectivity index is 1.41. The summed E-state index contributed by atoms with van der Waals surface area (Å²) in [5, 5.41) is 4.09. The second-order valence-corrected chi connectivity index (χ2v) is 8.83. The van der Waals surface area contributed by atoms with E-state index in [1.807, 2.05) is 60.7 Å². The summed E-state index contributed by atoms with van der Waals surface area (Å²) in [7, 11) is 0. The minimum absolute atomic E-state index is 0.0740. The molecule has 0 spiro atoms. The second kappa shape index (κ2) is 9.99. The summed E-state index contributed by atoms with van der Waals surface area (Å²) in [4.78, 5) is 13.5. The Morgan fingerprint density at radius 3 is 2.08 bits per heavy atom. The lowest BCUT2D eigenvalue weighted by molar-refractivity contribution is -0.113. The first kappa shape index (κ1) is 23.8. The van der Waals surface area contributed by atoms with Gasteiger partial charge in [0.25, 0.3) is 11.8 Å². The third kappa shape index (κ3) is 5.33. The summed E-state index contributed by atoms with van der Waals surface area (Å²) in [5.41, 5.74) is 2.29. The minimum Gasteiger partial charge on any atom is -0.488 e. The van der Waals surface area contributed by atoms with Crippen molar-refractivity contribution in [3.8, 4) is 22.8 Å². The molecule has 0 radical (unpaired) electrons.